The average Bonchev–Trinajstić information content (AvgIpc) is 2.43. The van der Waals surface area contributed by atoms with Gasteiger partial charge < -0.3 is 5.32 Å². The molecule has 0 aliphatic heterocycles. The lowest BCUT2D eigenvalue weighted by Crippen LogP contribution is -2.07. The lowest BCUT2D eigenvalue weighted by atomic mass is 10.00. The zero-order valence-corrected chi connectivity index (χ0v) is 13.4. The number of hydrogen-bond donors (Lipinski definition) is 1. The van der Waals surface area contributed by atoms with E-state index in [1.54, 1.807) is 12.1 Å². The molecule has 0 amide bonds. The molecular weight excluding hydrogens is 285 g/mol. The van der Waals surface area contributed by atoms with Gasteiger partial charge >= 0.3 is 0 Å². The topological polar surface area (TPSA) is 12.0 Å². The Morgan fingerprint density at radius 2 is 1.71 bits per heavy atom. The first kappa shape index (κ1) is 15.8. The maximum atomic E-state index is 13.1. The third kappa shape index (κ3) is 4.47. The summed E-state index contributed by atoms with van der Waals surface area (Å²) in [6, 6.07) is 13.4. The minimum Gasteiger partial charge on any atom is -0.378 e. The van der Waals surface area contributed by atoms with Crippen LogP contribution in [-0.4, -0.2) is 0 Å². The van der Waals surface area contributed by atoms with Gasteiger partial charge in [-0.3, -0.25) is 0 Å². The van der Waals surface area contributed by atoms with E-state index in [0.29, 0.717) is 5.92 Å². The molecule has 1 nitrogen and oxygen atoms in total. The van der Waals surface area contributed by atoms with Crippen LogP contribution in [0.25, 0.3) is 0 Å². The second kappa shape index (κ2) is 6.95. The van der Waals surface area contributed by atoms with Gasteiger partial charge in [0, 0.05) is 11.7 Å². The van der Waals surface area contributed by atoms with E-state index in [2.05, 4.69) is 50.4 Å². The molecule has 2 aromatic carbocycles. The predicted molar refractivity (Wildman–Crippen MR) is 88.4 cm³/mol. The molecule has 112 valence electrons. The van der Waals surface area contributed by atoms with Gasteiger partial charge in [-0.15, -0.1) is 0 Å². The first-order valence-electron chi connectivity index (χ1n) is 7.26. The number of anilines is 1. The van der Waals surface area contributed by atoms with Crippen LogP contribution in [0.1, 0.15) is 37.9 Å². The third-order valence-corrected chi connectivity index (χ3v) is 3.72. The first-order chi connectivity index (χ1) is 9.95. The van der Waals surface area contributed by atoms with Crippen LogP contribution in [-0.2, 0) is 6.42 Å². The van der Waals surface area contributed by atoms with Gasteiger partial charge in [-0.2, -0.15) is 0 Å². The van der Waals surface area contributed by atoms with Crippen LogP contribution in [0, 0.1) is 11.7 Å². The fraction of sp³-hybridized carbons (Fsp3) is 0.333. The van der Waals surface area contributed by atoms with Crippen molar-refractivity contribution < 1.29 is 4.39 Å². The molecule has 0 saturated heterocycles. The zero-order valence-electron chi connectivity index (χ0n) is 12.7. The lowest BCUT2D eigenvalue weighted by Gasteiger charge is -2.17. The summed E-state index contributed by atoms with van der Waals surface area (Å²) < 4.78 is 13.1. The van der Waals surface area contributed by atoms with Crippen LogP contribution >= 0.6 is 11.6 Å². The molecule has 0 aliphatic rings. The van der Waals surface area contributed by atoms with E-state index in [1.807, 2.05) is 0 Å². The van der Waals surface area contributed by atoms with Crippen LogP contribution in [0.3, 0.4) is 0 Å². The fourth-order valence-electron chi connectivity index (χ4n) is 2.33. The van der Waals surface area contributed by atoms with Crippen molar-refractivity contribution in [2.45, 2.75) is 33.2 Å². The smallest absolute Gasteiger partial charge is 0.141 e. The molecule has 0 saturated carbocycles. The van der Waals surface area contributed by atoms with Gasteiger partial charge in [0.05, 0.1) is 5.02 Å². The molecule has 0 heterocycles. The Morgan fingerprint density at radius 1 is 1.05 bits per heavy atom. The number of hydrogen-bond acceptors (Lipinski definition) is 1. The van der Waals surface area contributed by atoms with Gasteiger partial charge in [-0.05, 0) is 48.6 Å². The standard InChI is InChI=1S/C18H21ClFN/c1-12(2)10-14-4-6-15(7-5-14)13(3)21-16-8-9-18(20)17(19)11-16/h4-9,11-13,21H,10H2,1-3H3. The van der Waals surface area contributed by atoms with Crippen molar-refractivity contribution in [2.75, 3.05) is 5.32 Å². The average molecular weight is 306 g/mol. The van der Waals surface area contributed by atoms with Gasteiger partial charge in [0.25, 0.3) is 0 Å². The van der Waals surface area contributed by atoms with E-state index >= 15 is 0 Å². The Labute approximate surface area is 131 Å². The Morgan fingerprint density at radius 3 is 2.29 bits per heavy atom. The van der Waals surface area contributed by atoms with Crippen molar-refractivity contribution in [3.63, 3.8) is 0 Å². The highest BCUT2D eigenvalue weighted by Crippen LogP contribution is 2.24. The van der Waals surface area contributed by atoms with Crippen molar-refractivity contribution in [1.82, 2.24) is 0 Å². The summed E-state index contributed by atoms with van der Waals surface area (Å²) in [5, 5.41) is 3.47. The summed E-state index contributed by atoms with van der Waals surface area (Å²) >= 11 is 5.80. The van der Waals surface area contributed by atoms with Crippen molar-refractivity contribution >= 4 is 17.3 Å². The molecule has 1 atom stereocenters. The first-order valence-corrected chi connectivity index (χ1v) is 7.64. The minimum atomic E-state index is -0.395. The van der Waals surface area contributed by atoms with Crippen LogP contribution in [0.4, 0.5) is 10.1 Å². The summed E-state index contributed by atoms with van der Waals surface area (Å²) in [5.74, 6) is 0.265. The van der Waals surface area contributed by atoms with E-state index in [1.165, 1.54) is 17.2 Å². The van der Waals surface area contributed by atoms with Crippen LogP contribution < -0.4 is 5.32 Å². The quantitative estimate of drug-likeness (QED) is 0.730. The fourth-order valence-corrected chi connectivity index (χ4v) is 2.51. The largest absolute Gasteiger partial charge is 0.378 e. The zero-order chi connectivity index (χ0) is 15.4. The molecule has 1 unspecified atom stereocenters. The molecule has 21 heavy (non-hydrogen) atoms. The van der Waals surface area contributed by atoms with Gasteiger partial charge in [0.1, 0.15) is 5.82 Å². The molecule has 0 bridgehead atoms. The minimum absolute atomic E-state index is 0.138. The van der Waals surface area contributed by atoms with Crippen LogP contribution in [0.2, 0.25) is 5.02 Å². The highest BCUT2D eigenvalue weighted by atomic mass is 35.5. The SMILES string of the molecule is CC(C)Cc1ccc(C(C)Nc2ccc(F)c(Cl)c2)cc1. The van der Waals surface area contributed by atoms with Gasteiger partial charge in [-0.25, -0.2) is 4.39 Å². The number of rotatable bonds is 5. The van der Waals surface area contributed by atoms with Crippen molar-refractivity contribution in [3.05, 3.63) is 64.4 Å². The Balaban J connectivity index is 2.05. The van der Waals surface area contributed by atoms with E-state index < -0.39 is 5.82 Å². The highest BCUT2D eigenvalue weighted by Gasteiger charge is 2.07. The molecular formula is C18H21ClFN. The highest BCUT2D eigenvalue weighted by molar-refractivity contribution is 6.31. The van der Waals surface area contributed by atoms with Crippen molar-refractivity contribution in [3.8, 4) is 0 Å². The lowest BCUT2D eigenvalue weighted by molar-refractivity contribution is 0.628. The number of nitrogens with one attached hydrogen (secondary N) is 1. The molecule has 0 radical (unpaired) electrons. The summed E-state index contributed by atoms with van der Waals surface area (Å²) in [5.41, 5.74) is 3.37. The Bertz CT molecular complexity index is 593. The second-order valence-corrected chi connectivity index (χ2v) is 6.24. The normalized spacial score (nSPS) is 12.5. The second-order valence-electron chi connectivity index (χ2n) is 5.83. The summed E-state index contributed by atoms with van der Waals surface area (Å²) in [6.45, 7) is 6.52. The third-order valence-electron chi connectivity index (χ3n) is 3.43. The van der Waals surface area contributed by atoms with Gasteiger partial charge in [0.2, 0.25) is 0 Å². The van der Waals surface area contributed by atoms with Gasteiger partial charge in [-0.1, -0.05) is 49.7 Å². The van der Waals surface area contributed by atoms with E-state index in [0.717, 1.165) is 12.1 Å². The molecule has 0 aliphatic carbocycles. The molecule has 1 N–H and O–H groups in total. The van der Waals surface area contributed by atoms with Gasteiger partial charge in [0.15, 0.2) is 0 Å². The number of halogens is 2. The predicted octanol–water partition coefficient (Wildman–Crippen LogP) is 5.85. The molecule has 2 rings (SSSR count). The monoisotopic (exact) mass is 305 g/mol. The van der Waals surface area contributed by atoms with E-state index in [9.17, 15) is 4.39 Å². The molecule has 0 aromatic heterocycles. The van der Waals surface area contributed by atoms with E-state index in [4.69, 9.17) is 11.6 Å². The maximum absolute atomic E-state index is 13.1. The summed E-state index contributed by atoms with van der Waals surface area (Å²) in [7, 11) is 0. The molecule has 0 fully saturated rings. The summed E-state index contributed by atoms with van der Waals surface area (Å²) in [6.07, 6.45) is 1.09. The summed E-state index contributed by atoms with van der Waals surface area (Å²) in [4.78, 5) is 0. The number of benzene rings is 2. The Hall–Kier alpha value is -1.54. The molecule has 2 aromatic rings. The molecule has 0 spiro atoms. The maximum Gasteiger partial charge on any atom is 0.141 e. The molecule has 3 heteroatoms. The Kier molecular flexibility index (Phi) is 5.24. The van der Waals surface area contributed by atoms with Crippen molar-refractivity contribution in [2.24, 2.45) is 5.92 Å². The van der Waals surface area contributed by atoms with E-state index in [-0.39, 0.29) is 11.1 Å². The van der Waals surface area contributed by atoms with Crippen LogP contribution in [0.5, 0.6) is 0 Å². The van der Waals surface area contributed by atoms with Crippen molar-refractivity contribution in [1.29, 1.82) is 0 Å². The van der Waals surface area contributed by atoms with Crippen LogP contribution in [0.15, 0.2) is 42.5 Å².